The monoisotopic (exact) mass is 273 g/mol. The molecule has 0 aliphatic carbocycles. The van der Waals surface area contributed by atoms with Crippen LogP contribution in [0.2, 0.25) is 0 Å². The van der Waals surface area contributed by atoms with Crippen molar-refractivity contribution in [3.05, 3.63) is 41.5 Å². The van der Waals surface area contributed by atoms with E-state index in [1.54, 1.807) is 0 Å². The predicted octanol–water partition coefficient (Wildman–Crippen LogP) is 2.48. The quantitative estimate of drug-likeness (QED) is 0.927. The molecule has 1 unspecified atom stereocenters. The summed E-state index contributed by atoms with van der Waals surface area (Å²) in [5.74, 6) is 2.45. The van der Waals surface area contributed by atoms with Gasteiger partial charge in [-0.3, -0.25) is 0 Å². The molecule has 1 aromatic carbocycles. The van der Waals surface area contributed by atoms with E-state index in [4.69, 9.17) is 9.26 Å². The average Bonchev–Trinajstić information content (AvgIpc) is 2.93. The van der Waals surface area contributed by atoms with Crippen molar-refractivity contribution in [2.75, 3.05) is 6.61 Å². The van der Waals surface area contributed by atoms with Crippen molar-refractivity contribution in [2.24, 2.45) is 0 Å². The zero-order valence-electron chi connectivity index (χ0n) is 11.8. The maximum Gasteiger partial charge on any atom is 0.234 e. The van der Waals surface area contributed by atoms with E-state index in [2.05, 4.69) is 35.4 Å². The summed E-state index contributed by atoms with van der Waals surface area (Å²) in [4.78, 5) is 4.51. The SMILES string of the molecule is CC(C)NCc1noc(C2CCOc3ccccc32)n1. The van der Waals surface area contributed by atoms with Gasteiger partial charge in [0.1, 0.15) is 5.75 Å². The van der Waals surface area contributed by atoms with Gasteiger partial charge in [-0.2, -0.15) is 4.98 Å². The summed E-state index contributed by atoms with van der Waals surface area (Å²) >= 11 is 0. The van der Waals surface area contributed by atoms with Crippen LogP contribution in [0.25, 0.3) is 0 Å². The summed E-state index contributed by atoms with van der Waals surface area (Å²) < 4.78 is 11.1. The van der Waals surface area contributed by atoms with Crippen LogP contribution in [0.15, 0.2) is 28.8 Å². The Hall–Kier alpha value is -1.88. The van der Waals surface area contributed by atoms with Gasteiger partial charge in [-0.25, -0.2) is 0 Å². The van der Waals surface area contributed by atoms with Crippen LogP contribution in [0.1, 0.15) is 43.5 Å². The van der Waals surface area contributed by atoms with E-state index >= 15 is 0 Å². The minimum absolute atomic E-state index is 0.139. The van der Waals surface area contributed by atoms with Crippen molar-refractivity contribution in [3.8, 4) is 5.75 Å². The van der Waals surface area contributed by atoms with Crippen LogP contribution in [0, 0.1) is 0 Å². The molecule has 0 radical (unpaired) electrons. The third-order valence-corrected chi connectivity index (χ3v) is 3.41. The van der Waals surface area contributed by atoms with Gasteiger partial charge in [0.25, 0.3) is 0 Å². The number of rotatable bonds is 4. The minimum atomic E-state index is 0.139. The highest BCUT2D eigenvalue weighted by Crippen LogP contribution is 2.36. The van der Waals surface area contributed by atoms with Gasteiger partial charge < -0.3 is 14.6 Å². The Bertz CT molecular complexity index is 580. The summed E-state index contributed by atoms with van der Waals surface area (Å²) in [5, 5.41) is 7.33. The number of aromatic nitrogens is 2. The maximum absolute atomic E-state index is 5.66. The summed E-state index contributed by atoms with van der Waals surface area (Å²) in [6.45, 7) is 5.50. The van der Waals surface area contributed by atoms with Gasteiger partial charge in [0.05, 0.1) is 19.1 Å². The van der Waals surface area contributed by atoms with Crippen LogP contribution in [-0.4, -0.2) is 22.8 Å². The van der Waals surface area contributed by atoms with E-state index in [0.29, 0.717) is 30.9 Å². The molecule has 1 aliphatic rings. The van der Waals surface area contributed by atoms with Gasteiger partial charge in [-0.05, 0) is 12.5 Å². The van der Waals surface area contributed by atoms with Gasteiger partial charge in [0, 0.05) is 11.6 Å². The molecule has 0 bridgehead atoms. The van der Waals surface area contributed by atoms with Crippen LogP contribution in [-0.2, 0) is 6.54 Å². The van der Waals surface area contributed by atoms with E-state index in [-0.39, 0.29) is 5.92 Å². The summed E-state index contributed by atoms with van der Waals surface area (Å²) in [6, 6.07) is 8.44. The van der Waals surface area contributed by atoms with Crippen LogP contribution in [0.5, 0.6) is 5.75 Å². The number of nitrogens with zero attached hydrogens (tertiary/aromatic N) is 2. The molecule has 0 saturated heterocycles. The summed E-state index contributed by atoms with van der Waals surface area (Å²) in [6.07, 6.45) is 0.871. The number of fused-ring (bicyclic) bond motifs is 1. The van der Waals surface area contributed by atoms with Gasteiger partial charge in [-0.15, -0.1) is 0 Å². The third-order valence-electron chi connectivity index (χ3n) is 3.41. The fourth-order valence-corrected chi connectivity index (χ4v) is 2.37. The first kappa shape index (κ1) is 13.1. The molecule has 5 heteroatoms. The summed E-state index contributed by atoms with van der Waals surface area (Å²) in [7, 11) is 0. The van der Waals surface area contributed by atoms with Gasteiger partial charge >= 0.3 is 0 Å². The van der Waals surface area contributed by atoms with Crippen LogP contribution >= 0.6 is 0 Å². The number of hydrogen-bond donors (Lipinski definition) is 1. The van der Waals surface area contributed by atoms with Crippen LogP contribution in [0.3, 0.4) is 0 Å². The lowest BCUT2D eigenvalue weighted by Gasteiger charge is -2.22. The minimum Gasteiger partial charge on any atom is -0.493 e. The Morgan fingerprint density at radius 1 is 1.35 bits per heavy atom. The predicted molar refractivity (Wildman–Crippen MR) is 74.7 cm³/mol. The number of para-hydroxylation sites is 1. The molecule has 1 aliphatic heterocycles. The van der Waals surface area contributed by atoms with Crippen molar-refractivity contribution in [2.45, 2.75) is 38.8 Å². The molecule has 5 nitrogen and oxygen atoms in total. The lowest BCUT2D eigenvalue weighted by Crippen LogP contribution is -2.22. The molecule has 0 fully saturated rings. The van der Waals surface area contributed by atoms with Gasteiger partial charge in [0.2, 0.25) is 5.89 Å². The Morgan fingerprint density at radius 2 is 2.20 bits per heavy atom. The number of hydrogen-bond acceptors (Lipinski definition) is 5. The van der Waals surface area contributed by atoms with Crippen molar-refractivity contribution in [1.82, 2.24) is 15.5 Å². The van der Waals surface area contributed by atoms with E-state index in [9.17, 15) is 0 Å². The van der Waals surface area contributed by atoms with Crippen LogP contribution in [0.4, 0.5) is 0 Å². The molecule has 2 heterocycles. The molecule has 3 rings (SSSR count). The summed E-state index contributed by atoms with van der Waals surface area (Å²) in [5.41, 5.74) is 1.13. The molecular formula is C15H19N3O2. The molecular weight excluding hydrogens is 254 g/mol. The van der Waals surface area contributed by atoms with Crippen molar-refractivity contribution >= 4 is 0 Å². The Kier molecular flexibility index (Phi) is 3.69. The number of nitrogens with one attached hydrogen (secondary N) is 1. The molecule has 0 saturated carbocycles. The molecule has 106 valence electrons. The highest BCUT2D eigenvalue weighted by molar-refractivity contribution is 5.40. The van der Waals surface area contributed by atoms with Crippen molar-refractivity contribution in [3.63, 3.8) is 0 Å². The lowest BCUT2D eigenvalue weighted by molar-refractivity contribution is 0.256. The molecule has 20 heavy (non-hydrogen) atoms. The Balaban J connectivity index is 1.80. The highest BCUT2D eigenvalue weighted by atomic mass is 16.5. The van der Waals surface area contributed by atoms with Gasteiger partial charge in [0.15, 0.2) is 5.82 Å². The van der Waals surface area contributed by atoms with Crippen molar-refractivity contribution < 1.29 is 9.26 Å². The first-order chi connectivity index (χ1) is 9.74. The Labute approximate surface area is 118 Å². The second kappa shape index (κ2) is 5.63. The average molecular weight is 273 g/mol. The first-order valence-electron chi connectivity index (χ1n) is 7.01. The van der Waals surface area contributed by atoms with E-state index in [1.165, 1.54) is 0 Å². The first-order valence-corrected chi connectivity index (χ1v) is 7.01. The zero-order chi connectivity index (χ0) is 13.9. The second-order valence-corrected chi connectivity index (χ2v) is 5.31. The topological polar surface area (TPSA) is 60.2 Å². The smallest absolute Gasteiger partial charge is 0.234 e. The largest absolute Gasteiger partial charge is 0.493 e. The molecule has 0 spiro atoms. The molecule has 1 aromatic heterocycles. The lowest BCUT2D eigenvalue weighted by atomic mass is 9.93. The molecule has 1 atom stereocenters. The normalized spacial score (nSPS) is 17.9. The second-order valence-electron chi connectivity index (χ2n) is 5.31. The zero-order valence-corrected chi connectivity index (χ0v) is 11.8. The molecule has 1 N–H and O–H groups in total. The number of ether oxygens (including phenoxy) is 1. The van der Waals surface area contributed by atoms with E-state index in [1.807, 2.05) is 18.2 Å². The maximum atomic E-state index is 5.66. The van der Waals surface area contributed by atoms with Crippen molar-refractivity contribution in [1.29, 1.82) is 0 Å². The molecule has 2 aromatic rings. The standard InChI is InChI=1S/C15H19N3O2/c1-10(2)16-9-14-17-15(20-18-14)12-7-8-19-13-6-4-3-5-11(12)13/h3-6,10,12,16H,7-9H2,1-2H3. The van der Waals surface area contributed by atoms with E-state index in [0.717, 1.165) is 17.7 Å². The number of benzene rings is 1. The van der Waals surface area contributed by atoms with Crippen LogP contribution < -0.4 is 10.1 Å². The fraction of sp³-hybridized carbons (Fsp3) is 0.467. The Morgan fingerprint density at radius 3 is 3.05 bits per heavy atom. The molecule has 0 amide bonds. The van der Waals surface area contributed by atoms with Gasteiger partial charge in [-0.1, -0.05) is 37.2 Å². The fourth-order valence-electron chi connectivity index (χ4n) is 2.37. The van der Waals surface area contributed by atoms with E-state index < -0.39 is 0 Å². The third kappa shape index (κ3) is 2.67. The highest BCUT2D eigenvalue weighted by Gasteiger charge is 2.27.